The largest absolute Gasteiger partial charge is 0.490 e. The summed E-state index contributed by atoms with van der Waals surface area (Å²) in [4.78, 5) is 25.2. The van der Waals surface area contributed by atoms with Crippen LogP contribution in [0.1, 0.15) is 58.2 Å². The molecular formula is C29H36N4O6S. The van der Waals surface area contributed by atoms with E-state index in [1.807, 2.05) is 32.0 Å². The zero-order valence-corrected chi connectivity index (χ0v) is 24.2. The number of amides is 1. The lowest BCUT2D eigenvalue weighted by atomic mass is 9.95. The molecule has 214 valence electrons. The van der Waals surface area contributed by atoms with Crippen LogP contribution in [0.25, 0.3) is 0 Å². The van der Waals surface area contributed by atoms with Crippen LogP contribution in [0.15, 0.2) is 58.8 Å². The predicted molar refractivity (Wildman–Crippen MR) is 157 cm³/mol. The number of ether oxygens (including phenoxy) is 4. The number of nitrogens with zero attached hydrogens (tertiary/aromatic N) is 1. The third kappa shape index (κ3) is 8.19. The lowest BCUT2D eigenvalue weighted by Crippen LogP contribution is -2.45. The van der Waals surface area contributed by atoms with Gasteiger partial charge in [-0.05, 0) is 76.2 Å². The van der Waals surface area contributed by atoms with Gasteiger partial charge in [0.15, 0.2) is 23.2 Å². The summed E-state index contributed by atoms with van der Waals surface area (Å²) in [5.74, 6) is 0.747. The fourth-order valence-electron chi connectivity index (χ4n) is 3.88. The number of carbonyl (C=O) groups is 2. The molecule has 0 spiro atoms. The highest BCUT2D eigenvalue weighted by Crippen LogP contribution is 2.33. The minimum Gasteiger partial charge on any atom is -0.490 e. The minimum atomic E-state index is -0.614. The van der Waals surface area contributed by atoms with Crippen molar-refractivity contribution in [2.45, 2.75) is 53.2 Å². The molecule has 3 rings (SSSR count). The Bertz CT molecular complexity index is 1280. The second kappa shape index (κ2) is 14.9. The maximum Gasteiger partial charge on any atom is 0.338 e. The molecule has 1 amide bonds. The third-order valence-electron chi connectivity index (χ3n) is 5.93. The van der Waals surface area contributed by atoms with Gasteiger partial charge in [0.25, 0.3) is 5.91 Å². The quantitative estimate of drug-likeness (QED) is 0.142. The van der Waals surface area contributed by atoms with Crippen molar-refractivity contribution in [3.63, 3.8) is 0 Å². The zero-order chi connectivity index (χ0) is 29.1. The van der Waals surface area contributed by atoms with Crippen molar-refractivity contribution in [2.24, 2.45) is 5.10 Å². The van der Waals surface area contributed by atoms with Crippen molar-refractivity contribution < 1.29 is 28.5 Å². The molecule has 2 aromatic carbocycles. The van der Waals surface area contributed by atoms with Gasteiger partial charge >= 0.3 is 5.97 Å². The second-order valence-corrected chi connectivity index (χ2v) is 9.29. The Morgan fingerprint density at radius 3 is 2.58 bits per heavy atom. The first kappa shape index (κ1) is 30.4. The van der Waals surface area contributed by atoms with Crippen LogP contribution in [0.5, 0.6) is 17.2 Å². The fourth-order valence-corrected chi connectivity index (χ4v) is 4.15. The van der Waals surface area contributed by atoms with E-state index >= 15 is 0 Å². The van der Waals surface area contributed by atoms with Gasteiger partial charge in [-0.3, -0.25) is 4.79 Å². The van der Waals surface area contributed by atoms with Crippen LogP contribution in [0, 0.1) is 0 Å². The zero-order valence-electron chi connectivity index (χ0n) is 23.4. The molecule has 0 radical (unpaired) electrons. The number of para-hydroxylation sites is 1. The Morgan fingerprint density at radius 1 is 1.07 bits per heavy atom. The van der Waals surface area contributed by atoms with Crippen molar-refractivity contribution in [3.8, 4) is 17.2 Å². The smallest absolute Gasteiger partial charge is 0.338 e. The van der Waals surface area contributed by atoms with E-state index in [1.54, 1.807) is 38.1 Å². The standard InChI is InChI=1S/C29H36N4O6S/c1-6-18(4)39-23-14-13-20(15-24(23)36-7-2)16-30-33-25(34)17-38-22-12-10-9-11-21(22)27-26(28(35)37-8-3)19(5)31-29(40)32-27/h9-16,18,27H,6-8,17H2,1-5H3,(H,33,34)(H2,31,32,40)/t18-,27+/m0/s1. The normalized spacial score (nSPS) is 15.6. The summed E-state index contributed by atoms with van der Waals surface area (Å²) < 4.78 is 22.7. The molecule has 10 nitrogen and oxygen atoms in total. The fraction of sp³-hybridized carbons (Fsp3) is 0.379. The highest BCUT2D eigenvalue weighted by Gasteiger charge is 2.32. The topological polar surface area (TPSA) is 120 Å². The summed E-state index contributed by atoms with van der Waals surface area (Å²) in [6.07, 6.45) is 2.44. The van der Waals surface area contributed by atoms with Gasteiger partial charge in [0.05, 0.1) is 37.1 Å². The molecule has 11 heteroatoms. The van der Waals surface area contributed by atoms with E-state index in [4.69, 9.17) is 31.2 Å². The molecule has 1 aliphatic rings. The number of thiocarbonyl (C=S) groups is 1. The predicted octanol–water partition coefficient (Wildman–Crippen LogP) is 4.15. The minimum absolute atomic E-state index is 0.0575. The summed E-state index contributed by atoms with van der Waals surface area (Å²) in [5.41, 5.74) is 4.80. The van der Waals surface area contributed by atoms with Gasteiger partial charge in [0, 0.05) is 11.3 Å². The lowest BCUT2D eigenvalue weighted by molar-refractivity contribution is -0.139. The number of rotatable bonds is 13. The molecule has 2 aromatic rings. The maximum atomic E-state index is 12.7. The molecule has 3 N–H and O–H groups in total. The third-order valence-corrected chi connectivity index (χ3v) is 6.15. The first-order valence-electron chi connectivity index (χ1n) is 13.2. The molecule has 1 heterocycles. The number of hydrazone groups is 1. The molecule has 0 fully saturated rings. The molecule has 0 saturated heterocycles. The first-order chi connectivity index (χ1) is 19.3. The summed E-state index contributed by atoms with van der Waals surface area (Å²) >= 11 is 5.31. The molecular weight excluding hydrogens is 532 g/mol. The molecule has 0 aliphatic carbocycles. The van der Waals surface area contributed by atoms with E-state index in [0.29, 0.717) is 45.8 Å². The number of esters is 1. The van der Waals surface area contributed by atoms with Crippen LogP contribution < -0.4 is 30.3 Å². The van der Waals surface area contributed by atoms with Crippen LogP contribution >= 0.6 is 12.2 Å². The van der Waals surface area contributed by atoms with E-state index in [2.05, 4.69) is 28.1 Å². The Balaban J connectivity index is 1.67. The van der Waals surface area contributed by atoms with Gasteiger partial charge in [0.1, 0.15) is 5.75 Å². The van der Waals surface area contributed by atoms with E-state index in [1.165, 1.54) is 6.21 Å². The van der Waals surface area contributed by atoms with Gasteiger partial charge < -0.3 is 29.6 Å². The average molecular weight is 569 g/mol. The van der Waals surface area contributed by atoms with Crippen LogP contribution in [-0.2, 0) is 14.3 Å². The van der Waals surface area contributed by atoms with Crippen molar-refractivity contribution in [1.29, 1.82) is 0 Å². The molecule has 1 aliphatic heterocycles. The summed E-state index contributed by atoms with van der Waals surface area (Å²) in [7, 11) is 0. The monoisotopic (exact) mass is 568 g/mol. The Labute approximate surface area is 240 Å². The first-order valence-corrected chi connectivity index (χ1v) is 13.6. The van der Waals surface area contributed by atoms with Crippen LogP contribution in [0.4, 0.5) is 0 Å². The van der Waals surface area contributed by atoms with Gasteiger partial charge in [0.2, 0.25) is 0 Å². The summed E-state index contributed by atoms with van der Waals surface area (Å²) in [5, 5.41) is 10.5. The lowest BCUT2D eigenvalue weighted by Gasteiger charge is -2.30. The number of hydrogen-bond acceptors (Lipinski definition) is 8. The number of benzene rings is 2. The van der Waals surface area contributed by atoms with E-state index in [-0.39, 0.29) is 19.3 Å². The van der Waals surface area contributed by atoms with Crippen LogP contribution in [0.3, 0.4) is 0 Å². The number of nitrogens with one attached hydrogen (secondary N) is 3. The highest BCUT2D eigenvalue weighted by molar-refractivity contribution is 7.80. The molecule has 0 unspecified atom stereocenters. The Hall–Kier alpha value is -4.12. The number of allylic oxidation sites excluding steroid dienone is 1. The molecule has 40 heavy (non-hydrogen) atoms. The van der Waals surface area contributed by atoms with Gasteiger partial charge in [-0.25, -0.2) is 10.2 Å². The SMILES string of the molecule is CCOC(=O)C1=C(C)NC(=S)N[C@@H]1c1ccccc1OCC(=O)NN=Cc1ccc(O[C@@H](C)CC)c(OCC)c1. The maximum absolute atomic E-state index is 12.7. The van der Waals surface area contributed by atoms with Crippen molar-refractivity contribution in [2.75, 3.05) is 19.8 Å². The molecule has 0 aromatic heterocycles. The summed E-state index contributed by atoms with van der Waals surface area (Å²) in [6.45, 7) is 9.86. The number of hydrogen-bond donors (Lipinski definition) is 3. The van der Waals surface area contributed by atoms with Crippen LogP contribution in [-0.4, -0.2) is 49.1 Å². The van der Waals surface area contributed by atoms with Crippen molar-refractivity contribution >= 4 is 35.4 Å². The molecule has 2 atom stereocenters. The van der Waals surface area contributed by atoms with Crippen LogP contribution in [0.2, 0.25) is 0 Å². The van der Waals surface area contributed by atoms with Crippen molar-refractivity contribution in [3.05, 3.63) is 64.9 Å². The van der Waals surface area contributed by atoms with Gasteiger partial charge in [-0.15, -0.1) is 0 Å². The highest BCUT2D eigenvalue weighted by atomic mass is 32.1. The Morgan fingerprint density at radius 2 is 1.85 bits per heavy atom. The van der Waals surface area contributed by atoms with Gasteiger partial charge in [-0.1, -0.05) is 25.1 Å². The summed E-state index contributed by atoms with van der Waals surface area (Å²) in [6, 6.07) is 11.9. The molecule has 0 bridgehead atoms. The van der Waals surface area contributed by atoms with E-state index in [0.717, 1.165) is 12.0 Å². The number of carbonyl (C=O) groups excluding carboxylic acids is 2. The second-order valence-electron chi connectivity index (χ2n) is 8.89. The van der Waals surface area contributed by atoms with Gasteiger partial charge in [-0.2, -0.15) is 5.10 Å². The van der Waals surface area contributed by atoms with E-state index < -0.39 is 17.9 Å². The van der Waals surface area contributed by atoms with Crippen molar-refractivity contribution in [1.82, 2.24) is 16.1 Å². The van der Waals surface area contributed by atoms with E-state index in [9.17, 15) is 9.59 Å². The Kier molecular flexibility index (Phi) is 11.3. The molecule has 0 saturated carbocycles. The average Bonchev–Trinajstić information content (AvgIpc) is 2.93.